The number of aldehydes is 1. The number of aliphatic hydroxyl groups excluding tert-OH is 2. The largest absolute Gasteiger partial charge is 0.391 e. The van der Waals surface area contributed by atoms with Crippen molar-refractivity contribution in [1.82, 2.24) is 0 Å². The van der Waals surface area contributed by atoms with Crippen molar-refractivity contribution >= 4 is 6.29 Å². The minimum atomic E-state index is -2.99. The Morgan fingerprint density at radius 3 is 2.09 bits per heavy atom. The van der Waals surface area contributed by atoms with Crippen LogP contribution in [0, 0.1) is 0 Å². The molecule has 0 aromatic heterocycles. The Kier molecular flexibility index (Phi) is 2.87. The first-order valence-electron chi connectivity index (χ1n) is 3.90. The molecule has 0 amide bonds. The fourth-order valence-corrected chi connectivity index (χ4v) is 0.445. The maximum Gasteiger partial charge on any atom is 0.151 e. The fraction of sp³-hybridized carbons (Fsp3) is 0.833. The minimum Gasteiger partial charge on any atom is -0.391 e. The molecule has 11 heavy (non-hydrogen) atoms. The summed E-state index contributed by atoms with van der Waals surface area (Å²) in [7, 11) is 0. The Morgan fingerprint density at radius 1 is 1.36 bits per heavy atom. The van der Waals surface area contributed by atoms with Crippen LogP contribution in [0.2, 0.25) is 0 Å². The van der Waals surface area contributed by atoms with E-state index in [1.54, 1.807) is 0 Å². The maximum absolute atomic E-state index is 10.00. The summed E-state index contributed by atoms with van der Waals surface area (Å²) < 4.78 is 13.8. The zero-order chi connectivity index (χ0) is 10.9. The molecule has 0 aliphatic rings. The second kappa shape index (κ2) is 4.40. The molecule has 0 aliphatic carbocycles. The van der Waals surface area contributed by atoms with Crippen molar-refractivity contribution in [2.75, 3.05) is 0 Å². The Morgan fingerprint density at radius 2 is 1.82 bits per heavy atom. The molecule has 0 fully saturated rings. The lowest BCUT2D eigenvalue weighted by Gasteiger charge is -2.21. The monoisotopic (exact) mass is 166 g/mol. The number of carbonyl (C=O) groups excluding carboxylic acids is 1. The molecule has 5 heteroatoms. The van der Waals surface area contributed by atoms with Crippen molar-refractivity contribution in [3.8, 4) is 0 Å². The molecular weight excluding hydrogens is 152 g/mol. The van der Waals surface area contributed by atoms with Gasteiger partial charge >= 0.3 is 0 Å². The van der Waals surface area contributed by atoms with Gasteiger partial charge in [0.15, 0.2) is 6.29 Å². The molecule has 0 saturated carbocycles. The third-order valence-corrected chi connectivity index (χ3v) is 1.11. The summed E-state index contributed by atoms with van der Waals surface area (Å²) in [5.41, 5.74) is 0. The zero-order valence-corrected chi connectivity index (χ0v) is 5.93. The molecule has 0 saturated heterocycles. The molecule has 0 spiro atoms. The van der Waals surface area contributed by atoms with Gasteiger partial charge in [-0.25, -0.2) is 0 Å². The summed E-state index contributed by atoms with van der Waals surface area (Å²) in [5, 5.41) is 35.7. The quantitative estimate of drug-likeness (QED) is 0.350. The van der Waals surface area contributed by atoms with Crippen molar-refractivity contribution in [1.29, 1.82) is 0 Å². The van der Waals surface area contributed by atoms with E-state index in [1.165, 1.54) is 0 Å². The molecule has 0 radical (unpaired) electrons. The van der Waals surface area contributed by atoms with E-state index in [1.807, 2.05) is 0 Å². The molecule has 66 valence electrons. The highest BCUT2D eigenvalue weighted by Gasteiger charge is 2.27. The van der Waals surface area contributed by atoms with Gasteiger partial charge in [-0.1, -0.05) is 0 Å². The molecule has 5 nitrogen and oxygen atoms in total. The van der Waals surface area contributed by atoms with Gasteiger partial charge in [-0.15, -0.1) is 0 Å². The van der Waals surface area contributed by atoms with Crippen LogP contribution in [0.5, 0.6) is 0 Å². The summed E-state index contributed by atoms with van der Waals surface area (Å²) in [6.07, 6.45) is -10.1. The Labute approximate surface area is 66.7 Å². The molecule has 0 aromatic carbocycles. The van der Waals surface area contributed by atoms with Crippen molar-refractivity contribution in [2.24, 2.45) is 0 Å². The van der Waals surface area contributed by atoms with E-state index in [2.05, 4.69) is 0 Å². The minimum absolute atomic E-state index is 0.165. The Balaban J connectivity index is 4.73. The van der Waals surface area contributed by atoms with Gasteiger partial charge < -0.3 is 25.2 Å². The van der Waals surface area contributed by atoms with Gasteiger partial charge in [0, 0.05) is 0 Å². The van der Waals surface area contributed by atoms with E-state index < -0.39 is 24.4 Å². The van der Waals surface area contributed by atoms with Crippen LogP contribution in [0.1, 0.15) is 9.67 Å². The van der Waals surface area contributed by atoms with E-state index in [0.29, 0.717) is 0 Å². The number of hydrogen-bond donors (Lipinski definition) is 4. The summed E-state index contributed by atoms with van der Waals surface area (Å²) in [6, 6.07) is 0. The van der Waals surface area contributed by atoms with Crippen molar-refractivity contribution < 1.29 is 28.0 Å². The predicted octanol–water partition coefficient (Wildman–Crippen LogP) is -2.35. The highest BCUT2D eigenvalue weighted by molar-refractivity contribution is 5.56. The Hall–Kier alpha value is -0.490. The van der Waals surface area contributed by atoms with E-state index in [9.17, 15) is 4.79 Å². The first-order chi connectivity index (χ1) is 5.64. The van der Waals surface area contributed by atoms with Crippen LogP contribution >= 0.6 is 0 Å². The number of aliphatic hydroxyl groups is 4. The van der Waals surface area contributed by atoms with Crippen molar-refractivity contribution in [2.45, 2.75) is 31.3 Å². The molecule has 4 N–H and O–H groups in total. The van der Waals surface area contributed by atoms with E-state index in [4.69, 9.17) is 23.2 Å². The van der Waals surface area contributed by atoms with Gasteiger partial charge in [-0.3, -0.25) is 0 Å². The van der Waals surface area contributed by atoms with E-state index in [-0.39, 0.29) is 6.29 Å². The topological polar surface area (TPSA) is 98.0 Å². The average Bonchev–Trinajstić information content (AvgIpc) is 1.99. The second-order valence-electron chi connectivity index (χ2n) is 2.05. The molecule has 0 bridgehead atoms. The van der Waals surface area contributed by atoms with Crippen LogP contribution in [-0.4, -0.2) is 51.1 Å². The van der Waals surface area contributed by atoms with Crippen LogP contribution in [0.3, 0.4) is 0 Å². The first kappa shape index (κ1) is 7.17. The number of rotatable bonds is 4. The predicted molar refractivity (Wildman–Crippen MR) is 35.8 cm³/mol. The van der Waals surface area contributed by atoms with E-state index >= 15 is 0 Å². The van der Waals surface area contributed by atoms with Gasteiger partial charge in [-0.2, -0.15) is 0 Å². The fourth-order valence-electron chi connectivity index (χ4n) is 0.445. The van der Waals surface area contributed by atoms with Crippen molar-refractivity contribution in [3.05, 3.63) is 0 Å². The lowest BCUT2D eigenvalue weighted by Crippen LogP contribution is -2.43. The molecule has 4 atom stereocenters. The van der Waals surface area contributed by atoms with Crippen LogP contribution in [-0.2, 0) is 4.79 Å². The number of hydrogen-bond acceptors (Lipinski definition) is 5. The Bertz CT molecular complexity index is 188. The van der Waals surface area contributed by atoms with Crippen LogP contribution in [0.4, 0.5) is 0 Å². The van der Waals surface area contributed by atoms with Gasteiger partial charge in [0.05, 0.1) is 8.82 Å². The second-order valence-corrected chi connectivity index (χ2v) is 2.05. The van der Waals surface area contributed by atoms with Gasteiger partial charge in [0.2, 0.25) is 0 Å². The number of carbonyl (C=O) groups is 1. The summed E-state index contributed by atoms with van der Waals surface area (Å²) in [6.45, 7) is 0.814. The molecule has 0 heterocycles. The summed E-state index contributed by atoms with van der Waals surface area (Å²) in [4.78, 5) is 10.00. The normalized spacial score (nSPS) is 30.3. The van der Waals surface area contributed by atoms with E-state index in [0.717, 1.165) is 6.92 Å². The first-order valence-corrected chi connectivity index (χ1v) is 2.90. The van der Waals surface area contributed by atoms with Gasteiger partial charge in [0.25, 0.3) is 0 Å². The SMILES string of the molecule is [2H][C@@](O)([C@H](O)C=O)[C@H](O)[C@@]([2H])(C)O. The molecule has 0 aliphatic heterocycles. The summed E-state index contributed by atoms with van der Waals surface area (Å²) >= 11 is 0. The lowest BCUT2D eigenvalue weighted by atomic mass is 10.1. The third kappa shape index (κ3) is 2.94. The lowest BCUT2D eigenvalue weighted by molar-refractivity contribution is -0.132. The molecule has 0 aromatic rings. The van der Waals surface area contributed by atoms with Crippen LogP contribution < -0.4 is 0 Å². The van der Waals surface area contributed by atoms with Crippen molar-refractivity contribution in [3.63, 3.8) is 0 Å². The third-order valence-electron chi connectivity index (χ3n) is 1.11. The highest BCUT2D eigenvalue weighted by atomic mass is 16.4. The highest BCUT2D eigenvalue weighted by Crippen LogP contribution is 2.02. The molecule has 0 unspecified atom stereocenters. The smallest absolute Gasteiger partial charge is 0.151 e. The summed E-state index contributed by atoms with van der Waals surface area (Å²) in [5.74, 6) is 0. The average molecular weight is 166 g/mol. The molecule has 0 rings (SSSR count). The maximum atomic E-state index is 10.00. The van der Waals surface area contributed by atoms with Gasteiger partial charge in [-0.05, 0) is 6.92 Å². The van der Waals surface area contributed by atoms with Gasteiger partial charge in [0.1, 0.15) is 18.3 Å². The molecular formula is C6H12O5. The van der Waals surface area contributed by atoms with Crippen LogP contribution in [0.15, 0.2) is 0 Å². The standard InChI is InChI=1S/C6H12O5/c1-3(8)5(10)6(11)4(9)2-7/h2-6,8-11H,1H3/t3-,4-,5-,6-/m1/s1/i3D,6D. The zero-order valence-electron chi connectivity index (χ0n) is 7.93. The van der Waals surface area contributed by atoms with Crippen LogP contribution in [0.25, 0.3) is 0 Å².